The van der Waals surface area contributed by atoms with Crippen molar-refractivity contribution in [1.82, 2.24) is 0 Å². The molecule has 0 aromatic heterocycles. The predicted octanol–water partition coefficient (Wildman–Crippen LogP) is 0.745. The minimum Gasteiger partial charge on any atom is -0.507 e. The van der Waals surface area contributed by atoms with Gasteiger partial charge in [0, 0.05) is 0 Å². The second-order valence-corrected chi connectivity index (χ2v) is 5.01. The van der Waals surface area contributed by atoms with Gasteiger partial charge in [-0.1, -0.05) is 6.07 Å². The molecule has 0 atom stereocenters. The molecule has 17 heavy (non-hydrogen) atoms. The minimum absolute atomic E-state index is 0.0501. The fraction of sp³-hybridized carbons (Fsp3) is 0.300. The number of ether oxygens (including phenoxy) is 1. The fourth-order valence-electron chi connectivity index (χ4n) is 1.13. The molecule has 0 amide bonds. The molecule has 0 saturated carbocycles. The van der Waals surface area contributed by atoms with Crippen molar-refractivity contribution in [3.63, 3.8) is 0 Å². The SMILES string of the molecule is Cc1ccc(C(=O)OCCS(=O)(=O)O)c(O)c1. The van der Waals surface area contributed by atoms with Crippen LogP contribution in [0, 0.1) is 6.92 Å². The van der Waals surface area contributed by atoms with E-state index in [4.69, 9.17) is 4.55 Å². The molecular formula is C10H12O6S. The van der Waals surface area contributed by atoms with E-state index in [2.05, 4.69) is 4.74 Å². The van der Waals surface area contributed by atoms with Crippen LogP contribution in [0.25, 0.3) is 0 Å². The van der Waals surface area contributed by atoms with Crippen molar-refractivity contribution in [2.75, 3.05) is 12.4 Å². The van der Waals surface area contributed by atoms with Crippen molar-refractivity contribution in [1.29, 1.82) is 0 Å². The largest absolute Gasteiger partial charge is 0.507 e. The molecule has 1 aromatic carbocycles. The number of rotatable bonds is 4. The van der Waals surface area contributed by atoms with E-state index in [0.29, 0.717) is 0 Å². The fourth-order valence-corrected chi connectivity index (χ4v) is 1.43. The maximum atomic E-state index is 11.4. The van der Waals surface area contributed by atoms with Crippen LogP contribution in [-0.4, -0.2) is 36.4 Å². The smallest absolute Gasteiger partial charge is 0.341 e. The molecule has 0 fully saturated rings. The van der Waals surface area contributed by atoms with Crippen LogP contribution in [0.4, 0.5) is 0 Å². The molecule has 1 rings (SSSR count). The number of carbonyl (C=O) groups is 1. The number of phenolic OH excluding ortho intramolecular Hbond substituents is 1. The average Bonchev–Trinajstić information content (AvgIpc) is 2.15. The summed E-state index contributed by atoms with van der Waals surface area (Å²) in [6.07, 6.45) is 0. The van der Waals surface area contributed by atoms with Crippen LogP contribution in [0.2, 0.25) is 0 Å². The maximum absolute atomic E-state index is 11.4. The molecular weight excluding hydrogens is 248 g/mol. The standard InChI is InChI=1S/C10H12O6S/c1-7-2-3-8(9(11)6-7)10(12)16-4-5-17(13,14)15/h2-3,6,11H,4-5H2,1H3,(H,13,14,15). The molecule has 0 unspecified atom stereocenters. The van der Waals surface area contributed by atoms with Gasteiger partial charge in [-0.05, 0) is 24.6 Å². The second kappa shape index (κ2) is 5.15. The minimum atomic E-state index is -4.16. The summed E-state index contributed by atoms with van der Waals surface area (Å²) in [6, 6.07) is 4.37. The van der Waals surface area contributed by atoms with E-state index in [1.165, 1.54) is 12.1 Å². The highest BCUT2D eigenvalue weighted by atomic mass is 32.2. The third kappa shape index (κ3) is 4.41. The van der Waals surface area contributed by atoms with E-state index >= 15 is 0 Å². The van der Waals surface area contributed by atoms with E-state index in [9.17, 15) is 18.3 Å². The average molecular weight is 260 g/mol. The first-order valence-corrected chi connectivity index (χ1v) is 6.32. The first-order chi connectivity index (χ1) is 7.79. The molecule has 1 aromatic rings. The quantitative estimate of drug-likeness (QED) is 0.611. The number of hydrogen-bond acceptors (Lipinski definition) is 5. The Bertz CT molecular complexity index is 520. The van der Waals surface area contributed by atoms with Crippen molar-refractivity contribution in [2.45, 2.75) is 6.92 Å². The van der Waals surface area contributed by atoms with E-state index in [-0.39, 0.29) is 11.3 Å². The van der Waals surface area contributed by atoms with Crippen LogP contribution in [0.1, 0.15) is 15.9 Å². The lowest BCUT2D eigenvalue weighted by Gasteiger charge is -2.05. The van der Waals surface area contributed by atoms with E-state index in [1.54, 1.807) is 13.0 Å². The number of aromatic hydroxyl groups is 1. The highest BCUT2D eigenvalue weighted by Crippen LogP contribution is 2.19. The lowest BCUT2D eigenvalue weighted by molar-refractivity contribution is 0.0525. The van der Waals surface area contributed by atoms with Crippen molar-refractivity contribution >= 4 is 16.1 Å². The lowest BCUT2D eigenvalue weighted by atomic mass is 10.1. The number of benzene rings is 1. The first-order valence-electron chi connectivity index (χ1n) is 4.71. The third-order valence-electron chi connectivity index (χ3n) is 1.95. The van der Waals surface area contributed by atoms with Crippen LogP contribution >= 0.6 is 0 Å². The van der Waals surface area contributed by atoms with E-state index in [0.717, 1.165) is 5.56 Å². The summed E-state index contributed by atoms with van der Waals surface area (Å²) >= 11 is 0. The van der Waals surface area contributed by atoms with Crippen molar-refractivity contribution in [2.24, 2.45) is 0 Å². The zero-order valence-electron chi connectivity index (χ0n) is 9.08. The molecule has 0 aliphatic heterocycles. The number of hydrogen-bond donors (Lipinski definition) is 2. The van der Waals surface area contributed by atoms with Gasteiger partial charge < -0.3 is 9.84 Å². The van der Waals surface area contributed by atoms with Gasteiger partial charge in [0.1, 0.15) is 23.7 Å². The van der Waals surface area contributed by atoms with Crippen LogP contribution < -0.4 is 0 Å². The monoisotopic (exact) mass is 260 g/mol. The first kappa shape index (κ1) is 13.5. The molecule has 0 heterocycles. The molecule has 6 nitrogen and oxygen atoms in total. The van der Waals surface area contributed by atoms with Crippen LogP contribution in [0.3, 0.4) is 0 Å². The van der Waals surface area contributed by atoms with Gasteiger partial charge in [0.2, 0.25) is 0 Å². The molecule has 0 aliphatic rings. The summed E-state index contributed by atoms with van der Waals surface area (Å²) in [5.41, 5.74) is 0.725. The predicted molar refractivity (Wildman–Crippen MR) is 59.5 cm³/mol. The lowest BCUT2D eigenvalue weighted by Crippen LogP contribution is -2.14. The number of phenols is 1. The Morgan fingerprint density at radius 3 is 2.59 bits per heavy atom. The Hall–Kier alpha value is -1.60. The molecule has 0 bridgehead atoms. The topological polar surface area (TPSA) is 101 Å². The zero-order chi connectivity index (χ0) is 13.1. The molecule has 0 aliphatic carbocycles. The van der Waals surface area contributed by atoms with Crippen molar-refractivity contribution in [3.05, 3.63) is 29.3 Å². The normalized spacial score (nSPS) is 11.2. The molecule has 7 heteroatoms. The van der Waals surface area contributed by atoms with Crippen LogP contribution in [0.15, 0.2) is 18.2 Å². The maximum Gasteiger partial charge on any atom is 0.341 e. The summed E-state index contributed by atoms with van der Waals surface area (Å²) in [5, 5.41) is 9.45. The van der Waals surface area contributed by atoms with Crippen molar-refractivity contribution in [3.8, 4) is 5.75 Å². The van der Waals surface area contributed by atoms with Gasteiger partial charge in [0.05, 0.1) is 0 Å². The van der Waals surface area contributed by atoms with E-state index < -0.39 is 28.4 Å². The summed E-state index contributed by atoms with van der Waals surface area (Å²) < 4.78 is 33.8. The summed E-state index contributed by atoms with van der Waals surface area (Å²) in [5.74, 6) is -1.75. The number of carbonyl (C=O) groups excluding carboxylic acids is 1. The highest BCUT2D eigenvalue weighted by molar-refractivity contribution is 7.85. The Balaban J connectivity index is 2.65. The zero-order valence-corrected chi connectivity index (χ0v) is 9.90. The molecule has 94 valence electrons. The van der Waals surface area contributed by atoms with Gasteiger partial charge in [-0.2, -0.15) is 8.42 Å². The van der Waals surface area contributed by atoms with Gasteiger partial charge in [-0.15, -0.1) is 0 Å². The molecule has 0 radical (unpaired) electrons. The Morgan fingerprint density at radius 1 is 1.41 bits per heavy atom. The number of esters is 1. The summed E-state index contributed by atoms with van der Waals surface area (Å²) in [6.45, 7) is 1.28. The van der Waals surface area contributed by atoms with Gasteiger partial charge in [0.25, 0.3) is 10.1 Å². The van der Waals surface area contributed by atoms with E-state index in [1.807, 2.05) is 0 Å². The Labute approximate surface area is 98.6 Å². The summed E-state index contributed by atoms with van der Waals surface area (Å²) in [7, 11) is -4.16. The van der Waals surface area contributed by atoms with Crippen LogP contribution in [-0.2, 0) is 14.9 Å². The van der Waals surface area contributed by atoms with Crippen molar-refractivity contribution < 1.29 is 27.6 Å². The Morgan fingerprint density at radius 2 is 2.06 bits per heavy atom. The van der Waals surface area contributed by atoms with Gasteiger partial charge in [-0.3, -0.25) is 4.55 Å². The summed E-state index contributed by atoms with van der Waals surface area (Å²) in [4.78, 5) is 11.4. The van der Waals surface area contributed by atoms with Crippen LogP contribution in [0.5, 0.6) is 5.75 Å². The second-order valence-electron chi connectivity index (χ2n) is 3.44. The Kier molecular flexibility index (Phi) is 4.08. The molecule has 0 saturated heterocycles. The highest BCUT2D eigenvalue weighted by Gasteiger charge is 2.13. The van der Waals surface area contributed by atoms with Gasteiger partial charge in [0.15, 0.2) is 0 Å². The third-order valence-corrected chi connectivity index (χ3v) is 2.63. The van der Waals surface area contributed by atoms with Gasteiger partial charge in [-0.25, -0.2) is 4.79 Å². The van der Waals surface area contributed by atoms with Gasteiger partial charge >= 0.3 is 5.97 Å². The molecule has 2 N–H and O–H groups in total. The molecule has 0 spiro atoms. The number of aryl methyl sites for hydroxylation is 1.